The molecular weight excluding hydrogens is 258 g/mol. The van der Waals surface area contributed by atoms with E-state index in [1.165, 1.54) is 0 Å². The Kier molecular flexibility index (Phi) is 5.55. The van der Waals surface area contributed by atoms with Crippen molar-refractivity contribution in [3.8, 4) is 0 Å². The standard InChI is InChI=1S/C14H23N3O3/c1-2-20-14(19)13-6-3-4-8-16(13)10-12(18)11-17-9-5-7-15-17/h5,7,9,12-13,18H,2-4,6,8,10-11H2,1H3. The van der Waals surface area contributed by atoms with Crippen LogP contribution >= 0.6 is 0 Å². The lowest BCUT2D eigenvalue weighted by Crippen LogP contribution is -2.49. The van der Waals surface area contributed by atoms with Crippen molar-refractivity contribution in [3.05, 3.63) is 18.5 Å². The van der Waals surface area contributed by atoms with Gasteiger partial charge >= 0.3 is 5.97 Å². The summed E-state index contributed by atoms with van der Waals surface area (Å²) in [4.78, 5) is 14.0. The molecule has 6 heteroatoms. The highest BCUT2D eigenvalue weighted by atomic mass is 16.5. The molecule has 2 heterocycles. The number of aliphatic hydroxyl groups is 1. The first-order valence-corrected chi connectivity index (χ1v) is 7.27. The topological polar surface area (TPSA) is 67.6 Å². The summed E-state index contributed by atoms with van der Waals surface area (Å²) in [7, 11) is 0. The molecule has 1 saturated heterocycles. The van der Waals surface area contributed by atoms with Crippen molar-refractivity contribution in [2.75, 3.05) is 19.7 Å². The summed E-state index contributed by atoms with van der Waals surface area (Å²) in [5, 5.41) is 14.2. The van der Waals surface area contributed by atoms with E-state index in [4.69, 9.17) is 4.74 Å². The lowest BCUT2D eigenvalue weighted by Gasteiger charge is -2.35. The number of esters is 1. The number of nitrogens with zero attached hydrogens (tertiary/aromatic N) is 3. The Morgan fingerprint density at radius 2 is 2.35 bits per heavy atom. The molecule has 112 valence electrons. The molecule has 2 atom stereocenters. The van der Waals surface area contributed by atoms with Gasteiger partial charge in [-0.25, -0.2) is 0 Å². The Labute approximate surface area is 119 Å². The van der Waals surface area contributed by atoms with Gasteiger partial charge in [0.05, 0.1) is 19.3 Å². The van der Waals surface area contributed by atoms with Gasteiger partial charge in [-0.2, -0.15) is 5.10 Å². The number of rotatable bonds is 6. The molecule has 1 aromatic rings. The first-order chi connectivity index (χ1) is 9.70. The number of likely N-dealkylation sites (tertiary alicyclic amines) is 1. The lowest BCUT2D eigenvalue weighted by atomic mass is 10.0. The molecule has 0 aliphatic carbocycles. The number of aromatic nitrogens is 2. The van der Waals surface area contributed by atoms with Crippen LogP contribution in [-0.4, -0.2) is 57.6 Å². The molecule has 1 fully saturated rings. The van der Waals surface area contributed by atoms with Crippen LogP contribution in [0.1, 0.15) is 26.2 Å². The summed E-state index contributed by atoms with van der Waals surface area (Å²) in [5.74, 6) is -0.168. The van der Waals surface area contributed by atoms with Gasteiger partial charge in [-0.1, -0.05) is 6.42 Å². The van der Waals surface area contributed by atoms with E-state index in [9.17, 15) is 9.90 Å². The summed E-state index contributed by atoms with van der Waals surface area (Å²) < 4.78 is 6.82. The number of aliphatic hydroxyl groups excluding tert-OH is 1. The van der Waals surface area contributed by atoms with E-state index in [2.05, 4.69) is 5.10 Å². The van der Waals surface area contributed by atoms with Crippen molar-refractivity contribution >= 4 is 5.97 Å². The number of carbonyl (C=O) groups excluding carboxylic acids is 1. The Hall–Kier alpha value is -1.40. The molecule has 0 spiro atoms. The van der Waals surface area contributed by atoms with E-state index < -0.39 is 6.10 Å². The molecular formula is C14H23N3O3. The number of piperidine rings is 1. The van der Waals surface area contributed by atoms with Crippen molar-refractivity contribution in [1.29, 1.82) is 0 Å². The largest absolute Gasteiger partial charge is 0.465 e. The van der Waals surface area contributed by atoms with Crippen LogP contribution in [-0.2, 0) is 16.1 Å². The first-order valence-electron chi connectivity index (χ1n) is 7.27. The van der Waals surface area contributed by atoms with E-state index in [1.54, 1.807) is 10.9 Å². The van der Waals surface area contributed by atoms with E-state index >= 15 is 0 Å². The summed E-state index contributed by atoms with van der Waals surface area (Å²) in [6, 6.07) is 1.62. The van der Waals surface area contributed by atoms with Gasteiger partial charge in [0.25, 0.3) is 0 Å². The van der Waals surface area contributed by atoms with Crippen LogP contribution < -0.4 is 0 Å². The molecule has 0 radical (unpaired) electrons. The monoisotopic (exact) mass is 281 g/mol. The molecule has 1 N–H and O–H groups in total. The van der Waals surface area contributed by atoms with Gasteiger partial charge in [-0.15, -0.1) is 0 Å². The SMILES string of the molecule is CCOC(=O)C1CCCCN1CC(O)Cn1cccn1. The van der Waals surface area contributed by atoms with Gasteiger partial charge in [-0.05, 0) is 32.4 Å². The summed E-state index contributed by atoms with van der Waals surface area (Å²) in [5.41, 5.74) is 0. The van der Waals surface area contributed by atoms with Crippen LogP contribution in [0.25, 0.3) is 0 Å². The zero-order chi connectivity index (χ0) is 14.4. The van der Waals surface area contributed by atoms with Gasteiger partial charge < -0.3 is 9.84 Å². The summed E-state index contributed by atoms with van der Waals surface area (Å²) in [6.07, 6.45) is 5.88. The maximum Gasteiger partial charge on any atom is 0.323 e. The van der Waals surface area contributed by atoms with Crippen LogP contribution in [0.3, 0.4) is 0 Å². The fraction of sp³-hybridized carbons (Fsp3) is 0.714. The molecule has 1 aliphatic heterocycles. The molecule has 0 saturated carbocycles. The summed E-state index contributed by atoms with van der Waals surface area (Å²) in [6.45, 7) is 3.97. The number of β-amino-alcohol motifs (C(OH)–C–C–N with tert-alkyl or cyclic N) is 1. The molecule has 1 aliphatic rings. The Bertz CT molecular complexity index is 408. The van der Waals surface area contributed by atoms with Crippen molar-refractivity contribution in [2.45, 2.75) is 44.9 Å². The highest BCUT2D eigenvalue weighted by molar-refractivity contribution is 5.75. The average Bonchev–Trinajstić information content (AvgIpc) is 2.92. The second-order valence-corrected chi connectivity index (χ2v) is 5.14. The fourth-order valence-electron chi connectivity index (χ4n) is 2.67. The predicted molar refractivity (Wildman–Crippen MR) is 74.1 cm³/mol. The minimum atomic E-state index is -0.537. The molecule has 2 rings (SSSR count). The smallest absolute Gasteiger partial charge is 0.323 e. The minimum Gasteiger partial charge on any atom is -0.465 e. The van der Waals surface area contributed by atoms with Crippen LogP contribution in [0, 0.1) is 0 Å². The predicted octanol–water partition coefficient (Wildman–Crippen LogP) is 0.662. The third-order valence-corrected chi connectivity index (χ3v) is 3.57. The summed E-state index contributed by atoms with van der Waals surface area (Å²) >= 11 is 0. The third kappa shape index (κ3) is 4.05. The van der Waals surface area contributed by atoms with Gasteiger partial charge in [0.15, 0.2) is 0 Å². The van der Waals surface area contributed by atoms with Crippen LogP contribution in [0.15, 0.2) is 18.5 Å². The molecule has 0 bridgehead atoms. The number of carbonyl (C=O) groups is 1. The fourth-order valence-corrected chi connectivity index (χ4v) is 2.67. The van der Waals surface area contributed by atoms with Crippen molar-refractivity contribution in [1.82, 2.24) is 14.7 Å². The average molecular weight is 281 g/mol. The first kappa shape index (κ1) is 15.0. The van der Waals surface area contributed by atoms with Gasteiger partial charge in [-0.3, -0.25) is 14.4 Å². The van der Waals surface area contributed by atoms with Crippen LogP contribution in [0.4, 0.5) is 0 Å². The van der Waals surface area contributed by atoms with E-state index in [0.29, 0.717) is 19.7 Å². The Morgan fingerprint density at radius 1 is 1.50 bits per heavy atom. The second kappa shape index (κ2) is 7.40. The number of hydrogen-bond acceptors (Lipinski definition) is 5. The van der Waals surface area contributed by atoms with Crippen molar-refractivity contribution < 1.29 is 14.6 Å². The van der Waals surface area contributed by atoms with Crippen molar-refractivity contribution in [3.63, 3.8) is 0 Å². The quantitative estimate of drug-likeness (QED) is 0.776. The maximum absolute atomic E-state index is 11.9. The van der Waals surface area contributed by atoms with Gasteiger partial charge in [0, 0.05) is 18.9 Å². The minimum absolute atomic E-state index is 0.168. The number of hydrogen-bond donors (Lipinski definition) is 1. The third-order valence-electron chi connectivity index (χ3n) is 3.57. The Morgan fingerprint density at radius 3 is 3.05 bits per heavy atom. The van der Waals surface area contributed by atoms with Crippen LogP contribution in [0.5, 0.6) is 0 Å². The molecule has 1 aromatic heterocycles. The normalized spacial score (nSPS) is 21.6. The zero-order valence-electron chi connectivity index (χ0n) is 11.9. The molecule has 0 amide bonds. The second-order valence-electron chi connectivity index (χ2n) is 5.14. The maximum atomic E-state index is 11.9. The Balaban J connectivity index is 1.89. The molecule has 6 nitrogen and oxygen atoms in total. The highest BCUT2D eigenvalue weighted by Gasteiger charge is 2.30. The van der Waals surface area contributed by atoms with E-state index in [-0.39, 0.29) is 12.0 Å². The lowest BCUT2D eigenvalue weighted by molar-refractivity contribution is -0.151. The van der Waals surface area contributed by atoms with Gasteiger partial charge in [0.1, 0.15) is 6.04 Å². The molecule has 2 unspecified atom stereocenters. The zero-order valence-corrected chi connectivity index (χ0v) is 11.9. The number of ether oxygens (including phenoxy) is 1. The molecule has 20 heavy (non-hydrogen) atoms. The van der Waals surface area contributed by atoms with E-state index in [0.717, 1.165) is 25.8 Å². The van der Waals surface area contributed by atoms with Gasteiger partial charge in [0.2, 0.25) is 0 Å². The van der Waals surface area contributed by atoms with Crippen LogP contribution in [0.2, 0.25) is 0 Å². The van der Waals surface area contributed by atoms with Crippen molar-refractivity contribution in [2.24, 2.45) is 0 Å². The highest BCUT2D eigenvalue weighted by Crippen LogP contribution is 2.18. The van der Waals surface area contributed by atoms with E-state index in [1.807, 2.05) is 24.1 Å². The molecule has 0 aromatic carbocycles.